The zero-order valence-corrected chi connectivity index (χ0v) is 10.9. The lowest BCUT2D eigenvalue weighted by atomic mass is 10.1. The number of hydrogen-bond acceptors (Lipinski definition) is 2. The van der Waals surface area contributed by atoms with Crippen LogP contribution in [0.25, 0.3) is 0 Å². The molecule has 19 heavy (non-hydrogen) atoms. The van der Waals surface area contributed by atoms with Crippen molar-refractivity contribution in [2.45, 2.75) is 6.42 Å². The minimum atomic E-state index is -0.226. The Morgan fingerprint density at radius 3 is 2.53 bits per heavy atom. The summed E-state index contributed by atoms with van der Waals surface area (Å²) in [5.41, 5.74) is 2.39. The van der Waals surface area contributed by atoms with Crippen LogP contribution >= 0.6 is 11.6 Å². The molecular formula is C15H12ClFN2. The second kappa shape index (κ2) is 6.21. The predicted molar refractivity (Wildman–Crippen MR) is 74.8 cm³/mol. The third-order valence-electron chi connectivity index (χ3n) is 2.75. The van der Waals surface area contributed by atoms with Crippen LogP contribution in [0.15, 0.2) is 42.5 Å². The number of benzene rings is 2. The summed E-state index contributed by atoms with van der Waals surface area (Å²) in [5, 5.41) is 12.4. The summed E-state index contributed by atoms with van der Waals surface area (Å²) in [7, 11) is 0. The molecule has 0 saturated carbocycles. The highest BCUT2D eigenvalue weighted by Gasteiger charge is 2.00. The van der Waals surface area contributed by atoms with Crippen molar-refractivity contribution in [3.8, 4) is 6.07 Å². The van der Waals surface area contributed by atoms with Gasteiger partial charge in [0, 0.05) is 12.2 Å². The lowest BCUT2D eigenvalue weighted by Gasteiger charge is -2.07. The number of anilines is 1. The van der Waals surface area contributed by atoms with Crippen molar-refractivity contribution in [3.05, 3.63) is 64.4 Å². The summed E-state index contributed by atoms with van der Waals surface area (Å²) in [4.78, 5) is 0. The van der Waals surface area contributed by atoms with Crippen LogP contribution in [0.4, 0.5) is 10.1 Å². The normalized spacial score (nSPS) is 9.95. The molecule has 2 aromatic carbocycles. The van der Waals surface area contributed by atoms with Crippen LogP contribution in [0.5, 0.6) is 0 Å². The molecule has 4 heteroatoms. The van der Waals surface area contributed by atoms with E-state index in [2.05, 4.69) is 5.32 Å². The van der Waals surface area contributed by atoms with Gasteiger partial charge in [0.1, 0.15) is 11.9 Å². The maximum absolute atomic E-state index is 12.7. The molecule has 0 aromatic heterocycles. The predicted octanol–water partition coefficient (Wildman–Crippen LogP) is 4.01. The van der Waals surface area contributed by atoms with E-state index in [-0.39, 0.29) is 5.82 Å². The Bertz CT molecular complexity index is 603. The Morgan fingerprint density at radius 2 is 1.89 bits per heavy atom. The average molecular weight is 275 g/mol. The first-order chi connectivity index (χ1) is 9.19. The van der Waals surface area contributed by atoms with E-state index in [1.54, 1.807) is 24.3 Å². The van der Waals surface area contributed by atoms with Crippen molar-refractivity contribution >= 4 is 17.3 Å². The van der Waals surface area contributed by atoms with Crippen LogP contribution in [-0.2, 0) is 6.42 Å². The van der Waals surface area contributed by atoms with Crippen molar-refractivity contribution in [1.29, 1.82) is 5.26 Å². The first kappa shape index (κ1) is 13.4. The highest BCUT2D eigenvalue weighted by Crippen LogP contribution is 2.20. The molecule has 0 atom stereocenters. The zero-order chi connectivity index (χ0) is 13.7. The molecule has 1 N–H and O–H groups in total. The summed E-state index contributed by atoms with van der Waals surface area (Å²) in [6, 6.07) is 13.7. The van der Waals surface area contributed by atoms with Gasteiger partial charge in [-0.1, -0.05) is 23.7 Å². The molecule has 2 nitrogen and oxygen atoms in total. The molecule has 0 fully saturated rings. The Balaban J connectivity index is 1.91. The van der Waals surface area contributed by atoms with Gasteiger partial charge < -0.3 is 5.32 Å². The molecule has 0 aliphatic rings. The fourth-order valence-electron chi connectivity index (χ4n) is 1.72. The minimum absolute atomic E-state index is 0.226. The van der Waals surface area contributed by atoms with Crippen LogP contribution in [-0.4, -0.2) is 6.54 Å². The lowest BCUT2D eigenvalue weighted by molar-refractivity contribution is 0.627. The fourth-order valence-corrected chi connectivity index (χ4v) is 1.94. The number of halogens is 2. The first-order valence-corrected chi connectivity index (χ1v) is 6.25. The first-order valence-electron chi connectivity index (χ1n) is 5.87. The van der Waals surface area contributed by atoms with E-state index in [4.69, 9.17) is 16.9 Å². The van der Waals surface area contributed by atoms with Gasteiger partial charge in [0.2, 0.25) is 0 Å². The SMILES string of the molecule is N#Cc1ccc(NCCc2ccc(F)cc2)cc1Cl. The molecule has 2 aromatic rings. The fraction of sp³-hybridized carbons (Fsp3) is 0.133. The average Bonchev–Trinajstić information content (AvgIpc) is 2.41. The van der Waals surface area contributed by atoms with Gasteiger partial charge in [-0.05, 0) is 42.3 Å². The Morgan fingerprint density at radius 1 is 1.16 bits per heavy atom. The van der Waals surface area contributed by atoms with E-state index in [0.29, 0.717) is 17.1 Å². The molecule has 2 rings (SSSR count). The second-order valence-electron chi connectivity index (χ2n) is 4.11. The largest absolute Gasteiger partial charge is 0.385 e. The molecular weight excluding hydrogens is 263 g/mol. The molecule has 0 saturated heterocycles. The van der Waals surface area contributed by atoms with E-state index in [1.807, 2.05) is 12.1 Å². The van der Waals surface area contributed by atoms with Gasteiger partial charge in [-0.25, -0.2) is 4.39 Å². The van der Waals surface area contributed by atoms with Crippen molar-refractivity contribution < 1.29 is 4.39 Å². The van der Waals surface area contributed by atoms with Crippen LogP contribution < -0.4 is 5.32 Å². The Kier molecular flexibility index (Phi) is 4.38. The van der Waals surface area contributed by atoms with Crippen LogP contribution in [0.1, 0.15) is 11.1 Å². The van der Waals surface area contributed by atoms with Gasteiger partial charge in [-0.15, -0.1) is 0 Å². The molecule has 0 unspecified atom stereocenters. The minimum Gasteiger partial charge on any atom is -0.385 e. The number of nitrogens with zero attached hydrogens (tertiary/aromatic N) is 1. The molecule has 0 spiro atoms. The van der Waals surface area contributed by atoms with Crippen molar-refractivity contribution in [2.75, 3.05) is 11.9 Å². The summed E-state index contributed by atoms with van der Waals surface area (Å²) < 4.78 is 12.7. The van der Waals surface area contributed by atoms with Crippen molar-refractivity contribution in [1.82, 2.24) is 0 Å². The van der Waals surface area contributed by atoms with Crippen LogP contribution in [0.3, 0.4) is 0 Å². The summed E-state index contributed by atoms with van der Waals surface area (Å²) in [6.07, 6.45) is 0.790. The smallest absolute Gasteiger partial charge is 0.123 e. The van der Waals surface area contributed by atoms with Gasteiger partial charge in [0.05, 0.1) is 10.6 Å². The maximum atomic E-state index is 12.7. The highest BCUT2D eigenvalue weighted by atomic mass is 35.5. The molecule has 0 heterocycles. The molecule has 0 aliphatic heterocycles. The molecule has 0 amide bonds. The van der Waals surface area contributed by atoms with Crippen LogP contribution in [0.2, 0.25) is 5.02 Å². The Hall–Kier alpha value is -2.05. The van der Waals surface area contributed by atoms with Gasteiger partial charge in [-0.2, -0.15) is 5.26 Å². The van der Waals surface area contributed by atoms with E-state index < -0.39 is 0 Å². The summed E-state index contributed by atoms with van der Waals surface area (Å²) in [5.74, 6) is -0.226. The van der Waals surface area contributed by atoms with E-state index in [1.165, 1.54) is 12.1 Å². The number of rotatable bonds is 4. The molecule has 0 aliphatic carbocycles. The second-order valence-corrected chi connectivity index (χ2v) is 4.52. The van der Waals surface area contributed by atoms with E-state index in [0.717, 1.165) is 17.7 Å². The quantitative estimate of drug-likeness (QED) is 0.914. The standard InChI is InChI=1S/C15H12ClFN2/c16-15-9-14(6-3-12(15)10-18)19-8-7-11-1-4-13(17)5-2-11/h1-6,9,19H,7-8H2. The van der Waals surface area contributed by atoms with Gasteiger partial charge in [0.25, 0.3) is 0 Å². The topological polar surface area (TPSA) is 35.8 Å². The third-order valence-corrected chi connectivity index (χ3v) is 3.06. The number of hydrogen-bond donors (Lipinski definition) is 1. The third kappa shape index (κ3) is 3.70. The van der Waals surface area contributed by atoms with Gasteiger partial charge in [-0.3, -0.25) is 0 Å². The van der Waals surface area contributed by atoms with Crippen molar-refractivity contribution in [3.63, 3.8) is 0 Å². The number of nitriles is 1. The van der Waals surface area contributed by atoms with E-state index in [9.17, 15) is 4.39 Å². The Labute approximate surface area is 116 Å². The zero-order valence-electron chi connectivity index (χ0n) is 10.2. The maximum Gasteiger partial charge on any atom is 0.123 e. The molecule has 0 radical (unpaired) electrons. The highest BCUT2D eigenvalue weighted by molar-refractivity contribution is 6.32. The van der Waals surface area contributed by atoms with Crippen LogP contribution in [0, 0.1) is 17.1 Å². The van der Waals surface area contributed by atoms with Crippen molar-refractivity contribution in [2.24, 2.45) is 0 Å². The van der Waals surface area contributed by atoms with Gasteiger partial charge >= 0.3 is 0 Å². The van der Waals surface area contributed by atoms with Gasteiger partial charge in [0.15, 0.2) is 0 Å². The monoisotopic (exact) mass is 274 g/mol. The summed E-state index contributed by atoms with van der Waals surface area (Å²) in [6.45, 7) is 0.716. The lowest BCUT2D eigenvalue weighted by Crippen LogP contribution is -2.04. The number of nitrogens with one attached hydrogen (secondary N) is 1. The van der Waals surface area contributed by atoms with E-state index >= 15 is 0 Å². The molecule has 96 valence electrons. The summed E-state index contributed by atoms with van der Waals surface area (Å²) >= 11 is 5.94. The molecule has 0 bridgehead atoms.